The number of nitrogens with zero attached hydrogens (tertiary/aromatic N) is 4. The van der Waals surface area contributed by atoms with Gasteiger partial charge in [-0.2, -0.15) is 6.07 Å². The minimum atomic E-state index is 0. The zero-order chi connectivity index (χ0) is 30.6. The second-order valence-corrected chi connectivity index (χ2v) is 11.2. The molecule has 4 aromatic heterocycles. The van der Waals surface area contributed by atoms with Gasteiger partial charge in [0.2, 0.25) is 0 Å². The third kappa shape index (κ3) is 4.70. The molecule has 9 rings (SSSR count). The first-order valence-corrected chi connectivity index (χ1v) is 15.2. The molecule has 5 aromatic carbocycles. The summed E-state index contributed by atoms with van der Waals surface area (Å²) in [6.07, 6.45) is 3.77. The number of ether oxygens (including phenoxy) is 1. The molecular weight excluding hydrogens is 671 g/mol. The molecule has 0 aliphatic rings. The van der Waals surface area contributed by atoms with Crippen molar-refractivity contribution in [2.75, 3.05) is 0 Å². The molecule has 0 fully saturated rings. The van der Waals surface area contributed by atoms with Crippen LogP contribution < -0.4 is 9.30 Å². The van der Waals surface area contributed by atoms with Crippen LogP contribution >= 0.6 is 0 Å². The van der Waals surface area contributed by atoms with Crippen molar-refractivity contribution < 1.29 is 29.7 Å². The van der Waals surface area contributed by atoms with Crippen LogP contribution in [0, 0.1) is 19.2 Å². The molecule has 9 aromatic rings. The Labute approximate surface area is 285 Å². The summed E-state index contributed by atoms with van der Waals surface area (Å²) in [4.78, 5) is 4.47. The summed E-state index contributed by atoms with van der Waals surface area (Å²) in [6.45, 7) is 0. The smallest absolute Gasteiger partial charge is 0.190 e. The van der Waals surface area contributed by atoms with Crippen LogP contribution in [0.4, 0.5) is 0 Å². The number of rotatable bonds is 5. The Balaban J connectivity index is 0.00000324. The van der Waals surface area contributed by atoms with Crippen molar-refractivity contribution >= 4 is 43.7 Å². The Hall–Kier alpha value is -5.67. The molecule has 4 heterocycles. The summed E-state index contributed by atoms with van der Waals surface area (Å²) in [5.74, 6) is 1.18. The molecule has 0 atom stereocenters. The van der Waals surface area contributed by atoms with E-state index in [2.05, 4.69) is 112 Å². The molecule has 0 aliphatic heterocycles. The fourth-order valence-corrected chi connectivity index (χ4v) is 6.60. The number of fused-ring (bicyclic) bond motifs is 7. The topological polar surface area (TPSA) is 35.9 Å². The van der Waals surface area contributed by atoms with Crippen molar-refractivity contribution in [3.63, 3.8) is 0 Å². The van der Waals surface area contributed by atoms with Gasteiger partial charge in [-0.25, -0.2) is 0 Å². The summed E-state index contributed by atoms with van der Waals surface area (Å²) in [5.41, 5.74) is 7.97. The first-order valence-electron chi connectivity index (χ1n) is 15.2. The molecule has 0 saturated heterocycles. The van der Waals surface area contributed by atoms with Crippen LogP contribution in [0.15, 0.2) is 146 Å². The minimum Gasteiger partial charge on any atom is -0.503 e. The second-order valence-electron chi connectivity index (χ2n) is 11.2. The van der Waals surface area contributed by atoms with Gasteiger partial charge in [-0.3, -0.25) is 4.57 Å². The van der Waals surface area contributed by atoms with Gasteiger partial charge >= 0.3 is 0 Å². The molecule has 0 amide bonds. The predicted octanol–water partition coefficient (Wildman–Crippen LogP) is 9.26. The van der Waals surface area contributed by atoms with E-state index in [1.165, 1.54) is 10.8 Å². The molecule has 0 aliphatic carbocycles. The van der Waals surface area contributed by atoms with Crippen molar-refractivity contribution in [3.05, 3.63) is 165 Å². The van der Waals surface area contributed by atoms with E-state index >= 15 is 0 Å². The average molecular weight is 697 g/mol. The summed E-state index contributed by atoms with van der Waals surface area (Å²) in [7, 11) is 4.40. The number of hydrogen-bond acceptors (Lipinski definition) is 2. The predicted molar refractivity (Wildman–Crippen MR) is 183 cm³/mol. The molecule has 47 heavy (non-hydrogen) atoms. The van der Waals surface area contributed by atoms with Gasteiger partial charge in [0.05, 0.1) is 5.52 Å². The summed E-state index contributed by atoms with van der Waals surface area (Å²) < 4.78 is 12.9. The zero-order valence-electron chi connectivity index (χ0n) is 25.1. The standard InChI is InChI=1S/C41H26N4O.Pd/c1-43-25-11-19-36-35-23-22-34-33-18-5-6-21-38(33)44(29-13-3-2-4-14-29)39(34)40(35)45(41(36)43)30-15-10-17-32(27-30)46-31-16-9-12-28(26-31)37-20-7-8-24-42-37;/h2-25H,1H2;/q-2;. The monoisotopic (exact) mass is 696 g/mol. The maximum atomic E-state index is 6.38. The van der Waals surface area contributed by atoms with Crippen molar-refractivity contribution in [3.8, 4) is 34.1 Å². The number of para-hydroxylation sites is 2. The van der Waals surface area contributed by atoms with Crippen LogP contribution in [-0.2, 0) is 20.4 Å². The number of aromatic nitrogens is 4. The average Bonchev–Trinajstić information content (AvgIpc) is 3.63. The Kier molecular flexibility index (Phi) is 7.11. The number of pyridine rings is 2. The molecule has 5 nitrogen and oxygen atoms in total. The van der Waals surface area contributed by atoms with Crippen LogP contribution in [0.5, 0.6) is 11.5 Å². The Bertz CT molecular complexity index is 2570. The van der Waals surface area contributed by atoms with E-state index in [0.29, 0.717) is 11.5 Å². The quantitative estimate of drug-likeness (QED) is 0.102. The molecular formula is C41H26N4OPd-2. The minimum absolute atomic E-state index is 0. The molecule has 228 valence electrons. The fourth-order valence-electron chi connectivity index (χ4n) is 6.60. The van der Waals surface area contributed by atoms with Gasteiger partial charge in [-0.15, -0.1) is 35.9 Å². The third-order valence-electron chi connectivity index (χ3n) is 8.51. The van der Waals surface area contributed by atoms with E-state index in [-0.39, 0.29) is 20.4 Å². The Morgan fingerprint density at radius 3 is 2.13 bits per heavy atom. The SMILES string of the molecule is [CH2-][n+]1cccc2c3ccc4c5ccccc5n(-c5ccccc5)c4c3n(-c3[c-]c(Oc4[c-]c(-c5ccccn5)ccc4)ccc3)c21.[Pd]. The molecule has 0 radical (unpaired) electrons. The molecule has 0 saturated carbocycles. The Morgan fingerprint density at radius 2 is 1.30 bits per heavy atom. The van der Waals surface area contributed by atoms with Crippen LogP contribution in [-0.4, -0.2) is 14.1 Å². The van der Waals surface area contributed by atoms with E-state index in [1.54, 1.807) is 6.20 Å². The van der Waals surface area contributed by atoms with Crippen molar-refractivity contribution in [2.45, 2.75) is 0 Å². The van der Waals surface area contributed by atoms with Gasteiger partial charge in [-0.05, 0) is 43.2 Å². The maximum absolute atomic E-state index is 6.38. The van der Waals surface area contributed by atoms with Crippen LogP contribution in [0.3, 0.4) is 0 Å². The van der Waals surface area contributed by atoms with Crippen molar-refractivity contribution in [1.82, 2.24) is 14.1 Å². The molecule has 0 N–H and O–H groups in total. The van der Waals surface area contributed by atoms with E-state index in [4.69, 9.17) is 4.74 Å². The first-order chi connectivity index (χ1) is 22.7. The first kappa shape index (κ1) is 28.8. The van der Waals surface area contributed by atoms with Gasteiger partial charge in [-0.1, -0.05) is 84.9 Å². The molecule has 6 heteroatoms. The molecule has 0 spiro atoms. The number of benzene rings is 5. The van der Waals surface area contributed by atoms with Crippen LogP contribution in [0.2, 0.25) is 0 Å². The van der Waals surface area contributed by atoms with Crippen LogP contribution in [0.25, 0.3) is 66.4 Å². The summed E-state index contributed by atoms with van der Waals surface area (Å²) in [5, 5.41) is 4.62. The second kappa shape index (κ2) is 11.6. The van der Waals surface area contributed by atoms with Gasteiger partial charge in [0, 0.05) is 71.0 Å². The third-order valence-corrected chi connectivity index (χ3v) is 8.51. The molecule has 0 bridgehead atoms. The normalized spacial score (nSPS) is 11.3. The fraction of sp³-hybridized carbons (Fsp3) is 0. The van der Waals surface area contributed by atoms with Gasteiger partial charge in [0.1, 0.15) is 5.52 Å². The van der Waals surface area contributed by atoms with Crippen molar-refractivity contribution in [1.29, 1.82) is 0 Å². The summed E-state index contributed by atoms with van der Waals surface area (Å²) >= 11 is 0. The van der Waals surface area contributed by atoms with E-state index in [0.717, 1.165) is 55.6 Å². The van der Waals surface area contributed by atoms with Gasteiger partial charge < -0.3 is 18.9 Å². The van der Waals surface area contributed by atoms with E-state index < -0.39 is 0 Å². The molecule has 0 unspecified atom stereocenters. The Morgan fingerprint density at radius 1 is 0.596 bits per heavy atom. The van der Waals surface area contributed by atoms with E-state index in [9.17, 15) is 0 Å². The van der Waals surface area contributed by atoms with Gasteiger partial charge in [0.25, 0.3) is 0 Å². The van der Waals surface area contributed by atoms with Gasteiger partial charge in [0.15, 0.2) is 11.2 Å². The zero-order valence-corrected chi connectivity index (χ0v) is 26.6. The van der Waals surface area contributed by atoms with Crippen LogP contribution in [0.1, 0.15) is 0 Å². The summed E-state index contributed by atoms with van der Waals surface area (Å²) in [6, 6.07) is 52.5. The maximum Gasteiger partial charge on any atom is 0.190 e. The van der Waals surface area contributed by atoms with Crippen molar-refractivity contribution in [2.24, 2.45) is 0 Å². The van der Waals surface area contributed by atoms with E-state index in [1.807, 2.05) is 65.4 Å². The number of hydrogen-bond donors (Lipinski definition) is 0. The largest absolute Gasteiger partial charge is 0.503 e.